The minimum absolute atomic E-state index is 0.126. The molecule has 1 aromatic rings. The molecule has 0 spiro atoms. The number of pyridine rings is 1. The van der Waals surface area contributed by atoms with Crippen LogP contribution in [0.25, 0.3) is 0 Å². The minimum atomic E-state index is -0.364. The second-order valence-electron chi connectivity index (χ2n) is 3.45. The maximum absolute atomic E-state index is 10.8. The van der Waals surface area contributed by atoms with E-state index in [9.17, 15) is 10.1 Å². The van der Waals surface area contributed by atoms with E-state index in [1.807, 2.05) is 6.92 Å². The smallest absolute Gasteiger partial charge is 0.291 e. The third-order valence-electron chi connectivity index (χ3n) is 2.33. The van der Waals surface area contributed by atoms with Crippen molar-refractivity contribution in [2.75, 3.05) is 5.43 Å². The summed E-state index contributed by atoms with van der Waals surface area (Å²) in [6.07, 6.45) is 1.48. The fourth-order valence-electron chi connectivity index (χ4n) is 1.63. The Kier molecular flexibility index (Phi) is 2.51. The number of nitrogens with zero attached hydrogens (tertiary/aromatic N) is 2. The second kappa shape index (κ2) is 3.82. The molecule has 0 radical (unpaired) electrons. The van der Waals surface area contributed by atoms with E-state index in [1.165, 1.54) is 0 Å². The van der Waals surface area contributed by atoms with Crippen molar-refractivity contribution in [1.29, 1.82) is 0 Å². The zero-order chi connectivity index (χ0) is 10.8. The average molecular weight is 208 g/mol. The summed E-state index contributed by atoms with van der Waals surface area (Å²) in [5, 5.41) is 10.8. The van der Waals surface area contributed by atoms with E-state index in [0.29, 0.717) is 24.5 Å². The number of aryl methyl sites for hydroxylation is 1. The van der Waals surface area contributed by atoms with E-state index >= 15 is 0 Å². The van der Waals surface area contributed by atoms with E-state index < -0.39 is 0 Å². The Hall–Kier alpha value is -1.69. The Balaban J connectivity index is 2.47. The molecule has 1 aromatic heterocycles. The first-order valence-corrected chi connectivity index (χ1v) is 4.88. The van der Waals surface area contributed by atoms with Crippen molar-refractivity contribution in [1.82, 2.24) is 10.4 Å². The molecular weight excluding hydrogens is 196 g/mol. The molecule has 6 heteroatoms. The number of rotatable bonds is 3. The Labute approximate surface area is 86.8 Å². The molecule has 0 amide bonds. The van der Waals surface area contributed by atoms with Gasteiger partial charge in [-0.2, -0.15) is 0 Å². The van der Waals surface area contributed by atoms with Crippen LogP contribution in [0, 0.1) is 10.1 Å². The molecule has 80 valence electrons. The van der Waals surface area contributed by atoms with E-state index in [4.69, 9.17) is 0 Å². The topological polar surface area (TPSA) is 80.1 Å². The SMILES string of the molecule is CCCc1nc2c(cc1[N+](=O)[O-])CNN2. The zero-order valence-corrected chi connectivity index (χ0v) is 8.41. The number of fused-ring (bicyclic) bond motifs is 1. The van der Waals surface area contributed by atoms with Gasteiger partial charge in [-0.3, -0.25) is 10.1 Å². The van der Waals surface area contributed by atoms with Crippen LogP contribution >= 0.6 is 0 Å². The number of hydrogen-bond donors (Lipinski definition) is 2. The first kappa shape index (κ1) is 9.85. The van der Waals surface area contributed by atoms with Gasteiger partial charge < -0.3 is 5.43 Å². The highest BCUT2D eigenvalue weighted by molar-refractivity contribution is 5.54. The molecule has 0 bridgehead atoms. The van der Waals surface area contributed by atoms with Gasteiger partial charge in [0.1, 0.15) is 11.5 Å². The van der Waals surface area contributed by atoms with Gasteiger partial charge in [0, 0.05) is 18.2 Å². The monoisotopic (exact) mass is 208 g/mol. The molecule has 0 saturated carbocycles. The first-order chi connectivity index (χ1) is 7.22. The summed E-state index contributed by atoms with van der Waals surface area (Å²) in [4.78, 5) is 14.7. The standard InChI is InChI=1S/C9H12N4O2/c1-2-3-7-8(13(14)15)4-6-5-10-12-9(6)11-7/h4,10H,2-3,5H2,1H3,(H,11,12). The summed E-state index contributed by atoms with van der Waals surface area (Å²) in [6, 6.07) is 1.60. The normalized spacial score (nSPS) is 13.4. The maximum atomic E-state index is 10.8. The van der Waals surface area contributed by atoms with E-state index in [1.54, 1.807) is 6.07 Å². The van der Waals surface area contributed by atoms with Crippen molar-refractivity contribution in [3.63, 3.8) is 0 Å². The Morgan fingerprint density at radius 1 is 1.67 bits per heavy atom. The molecule has 2 N–H and O–H groups in total. The molecule has 0 aromatic carbocycles. The third kappa shape index (κ3) is 1.75. The van der Waals surface area contributed by atoms with Crippen LogP contribution in [0.2, 0.25) is 0 Å². The summed E-state index contributed by atoms with van der Waals surface area (Å²) < 4.78 is 0. The first-order valence-electron chi connectivity index (χ1n) is 4.88. The number of anilines is 1. The van der Waals surface area contributed by atoms with Crippen LogP contribution in [0.4, 0.5) is 11.5 Å². The number of hydrogen-bond acceptors (Lipinski definition) is 5. The second-order valence-corrected chi connectivity index (χ2v) is 3.45. The minimum Gasteiger partial charge on any atom is -0.305 e. The summed E-state index contributed by atoms with van der Waals surface area (Å²) in [5.74, 6) is 0.712. The Bertz CT molecular complexity index is 405. The molecule has 0 unspecified atom stereocenters. The molecule has 0 fully saturated rings. The van der Waals surface area contributed by atoms with Crippen molar-refractivity contribution in [2.45, 2.75) is 26.3 Å². The lowest BCUT2D eigenvalue weighted by molar-refractivity contribution is -0.386. The Morgan fingerprint density at radius 2 is 2.47 bits per heavy atom. The van der Waals surface area contributed by atoms with Gasteiger partial charge in [0.2, 0.25) is 0 Å². The predicted octanol–water partition coefficient (Wildman–Crippen LogP) is 1.37. The molecule has 15 heavy (non-hydrogen) atoms. The van der Waals surface area contributed by atoms with E-state index in [2.05, 4.69) is 15.8 Å². The van der Waals surface area contributed by atoms with Gasteiger partial charge in [0.25, 0.3) is 5.69 Å². The highest BCUT2D eigenvalue weighted by atomic mass is 16.6. The van der Waals surface area contributed by atoms with Crippen LogP contribution in [0.15, 0.2) is 6.07 Å². The van der Waals surface area contributed by atoms with Gasteiger partial charge >= 0.3 is 0 Å². The summed E-state index contributed by atoms with van der Waals surface area (Å²) >= 11 is 0. The molecule has 1 aliphatic heterocycles. The quantitative estimate of drug-likeness (QED) is 0.579. The van der Waals surface area contributed by atoms with E-state index in [0.717, 1.165) is 12.0 Å². The van der Waals surface area contributed by atoms with Crippen LogP contribution in [0.5, 0.6) is 0 Å². The van der Waals surface area contributed by atoms with E-state index in [-0.39, 0.29) is 10.6 Å². The van der Waals surface area contributed by atoms with Gasteiger partial charge in [-0.25, -0.2) is 10.4 Å². The predicted molar refractivity (Wildman–Crippen MR) is 55.3 cm³/mol. The fourth-order valence-corrected chi connectivity index (χ4v) is 1.63. The average Bonchev–Trinajstić information content (AvgIpc) is 2.63. The van der Waals surface area contributed by atoms with Crippen molar-refractivity contribution < 1.29 is 4.92 Å². The van der Waals surface area contributed by atoms with Gasteiger partial charge in [-0.05, 0) is 6.42 Å². The lowest BCUT2D eigenvalue weighted by Gasteiger charge is -2.03. The number of nitro groups is 1. The number of hydrazine groups is 1. The highest BCUT2D eigenvalue weighted by Crippen LogP contribution is 2.26. The molecule has 0 saturated heterocycles. The molecule has 1 aliphatic rings. The Morgan fingerprint density at radius 3 is 3.13 bits per heavy atom. The van der Waals surface area contributed by atoms with Crippen molar-refractivity contribution >= 4 is 11.5 Å². The molecule has 0 atom stereocenters. The third-order valence-corrected chi connectivity index (χ3v) is 2.33. The molecule has 0 aliphatic carbocycles. The van der Waals surface area contributed by atoms with Crippen LogP contribution in [0.1, 0.15) is 24.6 Å². The largest absolute Gasteiger partial charge is 0.305 e. The zero-order valence-electron chi connectivity index (χ0n) is 8.41. The van der Waals surface area contributed by atoms with Crippen LogP contribution < -0.4 is 10.9 Å². The lowest BCUT2D eigenvalue weighted by Crippen LogP contribution is -2.11. The van der Waals surface area contributed by atoms with Gasteiger partial charge in [-0.15, -0.1) is 0 Å². The summed E-state index contributed by atoms with van der Waals surface area (Å²) in [5.41, 5.74) is 7.30. The summed E-state index contributed by atoms with van der Waals surface area (Å²) in [6.45, 7) is 2.56. The van der Waals surface area contributed by atoms with Crippen LogP contribution in [-0.2, 0) is 13.0 Å². The highest BCUT2D eigenvalue weighted by Gasteiger charge is 2.21. The molecule has 6 nitrogen and oxygen atoms in total. The van der Waals surface area contributed by atoms with Gasteiger partial charge in [0.15, 0.2) is 0 Å². The summed E-state index contributed by atoms with van der Waals surface area (Å²) in [7, 11) is 0. The molecular formula is C9H12N4O2. The van der Waals surface area contributed by atoms with Gasteiger partial charge in [0.05, 0.1) is 4.92 Å². The van der Waals surface area contributed by atoms with Crippen LogP contribution in [0.3, 0.4) is 0 Å². The molecule has 2 rings (SSSR count). The van der Waals surface area contributed by atoms with Crippen molar-refractivity contribution in [3.05, 3.63) is 27.4 Å². The van der Waals surface area contributed by atoms with Crippen molar-refractivity contribution in [3.8, 4) is 0 Å². The molecule has 2 heterocycles. The number of aromatic nitrogens is 1. The fraction of sp³-hybridized carbons (Fsp3) is 0.444. The van der Waals surface area contributed by atoms with Gasteiger partial charge in [-0.1, -0.05) is 13.3 Å². The van der Waals surface area contributed by atoms with Crippen LogP contribution in [-0.4, -0.2) is 9.91 Å². The maximum Gasteiger partial charge on any atom is 0.291 e. The van der Waals surface area contributed by atoms with Crippen molar-refractivity contribution in [2.24, 2.45) is 0 Å². The number of nitrogens with one attached hydrogen (secondary N) is 2. The lowest BCUT2D eigenvalue weighted by atomic mass is 10.1.